The van der Waals surface area contributed by atoms with E-state index in [2.05, 4.69) is 41.4 Å². The molecule has 0 radical (unpaired) electrons. The summed E-state index contributed by atoms with van der Waals surface area (Å²) in [5.41, 5.74) is 3.69. The molecule has 2 aromatic rings. The summed E-state index contributed by atoms with van der Waals surface area (Å²) in [6.45, 7) is 5.43. The quantitative estimate of drug-likeness (QED) is 0.767. The maximum Gasteiger partial charge on any atom is 0.257 e. The van der Waals surface area contributed by atoms with Gasteiger partial charge >= 0.3 is 0 Å². The second kappa shape index (κ2) is 9.30. The number of amides is 2. The number of fused-ring (bicyclic) bond motifs is 1. The molecule has 158 valence electrons. The summed E-state index contributed by atoms with van der Waals surface area (Å²) in [5.74, 6) is 0.661. The van der Waals surface area contributed by atoms with Crippen molar-refractivity contribution in [2.75, 3.05) is 31.1 Å². The van der Waals surface area contributed by atoms with Crippen molar-refractivity contribution < 1.29 is 14.3 Å². The first-order chi connectivity index (χ1) is 14.6. The lowest BCUT2D eigenvalue weighted by atomic mass is 9.99. The molecule has 1 saturated heterocycles. The van der Waals surface area contributed by atoms with Gasteiger partial charge in [0.15, 0.2) is 6.61 Å². The molecule has 0 aliphatic carbocycles. The molecule has 0 aromatic heterocycles. The van der Waals surface area contributed by atoms with Crippen molar-refractivity contribution in [1.29, 1.82) is 0 Å². The first-order valence-corrected chi connectivity index (χ1v) is 10.7. The number of carbonyl (C=O) groups is 2. The second-order valence-corrected chi connectivity index (χ2v) is 8.07. The molecule has 0 bridgehead atoms. The Hall–Kier alpha value is -2.86. The highest BCUT2D eigenvalue weighted by atomic mass is 16.5. The van der Waals surface area contributed by atoms with Crippen LogP contribution in [0.2, 0.25) is 0 Å². The van der Waals surface area contributed by atoms with Crippen LogP contribution in [0, 0.1) is 0 Å². The fourth-order valence-corrected chi connectivity index (χ4v) is 4.13. The third-order valence-electron chi connectivity index (χ3n) is 5.97. The fraction of sp³-hybridized carbons (Fsp3) is 0.417. The molecule has 2 aliphatic heterocycles. The number of carbonyl (C=O) groups excluding carboxylic acids is 2. The van der Waals surface area contributed by atoms with Gasteiger partial charge in [0.05, 0.1) is 0 Å². The van der Waals surface area contributed by atoms with Crippen molar-refractivity contribution in [3.8, 4) is 5.75 Å². The number of benzene rings is 2. The summed E-state index contributed by atoms with van der Waals surface area (Å²) in [5, 5.41) is 2.98. The molecule has 6 nitrogen and oxygen atoms in total. The van der Waals surface area contributed by atoms with Crippen LogP contribution in [0.5, 0.6) is 5.75 Å². The van der Waals surface area contributed by atoms with Gasteiger partial charge in [0.2, 0.25) is 5.91 Å². The second-order valence-electron chi connectivity index (χ2n) is 8.07. The zero-order valence-electron chi connectivity index (χ0n) is 17.5. The van der Waals surface area contributed by atoms with Gasteiger partial charge in [-0.3, -0.25) is 14.5 Å². The number of rotatable bonds is 7. The number of anilines is 1. The molecule has 2 aliphatic rings. The van der Waals surface area contributed by atoms with Crippen LogP contribution < -0.4 is 15.0 Å². The number of nitrogens with zero attached hydrogens (tertiary/aromatic N) is 2. The SMILES string of the molecule is C[C@H](CNC(=O)COc1ccc(N2CCCC2=O)cc1)N1CCc2ccccc2C1. The first-order valence-electron chi connectivity index (χ1n) is 10.7. The average Bonchev–Trinajstić information content (AvgIpc) is 3.21. The minimum atomic E-state index is -0.127. The molecule has 1 fully saturated rings. The molecular weight excluding hydrogens is 378 g/mol. The summed E-state index contributed by atoms with van der Waals surface area (Å²) in [6.07, 6.45) is 2.57. The summed E-state index contributed by atoms with van der Waals surface area (Å²) in [4.78, 5) is 28.2. The maximum absolute atomic E-state index is 12.2. The molecule has 2 aromatic carbocycles. The third-order valence-corrected chi connectivity index (χ3v) is 5.97. The first kappa shape index (κ1) is 20.4. The van der Waals surface area contributed by atoms with E-state index in [9.17, 15) is 9.59 Å². The predicted octanol–water partition coefficient (Wildman–Crippen LogP) is 2.76. The molecule has 4 rings (SSSR count). The number of ether oxygens (including phenoxy) is 1. The van der Waals surface area contributed by atoms with Gasteiger partial charge in [-0.15, -0.1) is 0 Å². The highest BCUT2D eigenvalue weighted by molar-refractivity contribution is 5.95. The number of hydrogen-bond donors (Lipinski definition) is 1. The van der Waals surface area contributed by atoms with Crippen molar-refractivity contribution in [2.24, 2.45) is 0 Å². The Morgan fingerprint density at radius 3 is 2.57 bits per heavy atom. The van der Waals surface area contributed by atoms with E-state index in [1.165, 1.54) is 11.1 Å². The Kier molecular flexibility index (Phi) is 6.33. The highest BCUT2D eigenvalue weighted by Crippen LogP contribution is 2.24. The van der Waals surface area contributed by atoms with Crippen molar-refractivity contribution in [3.63, 3.8) is 0 Å². The van der Waals surface area contributed by atoms with Gasteiger partial charge in [0.1, 0.15) is 5.75 Å². The van der Waals surface area contributed by atoms with E-state index in [1.807, 2.05) is 24.3 Å². The van der Waals surface area contributed by atoms with Crippen LogP contribution >= 0.6 is 0 Å². The Morgan fingerprint density at radius 2 is 1.83 bits per heavy atom. The lowest BCUT2D eigenvalue weighted by Crippen LogP contribution is -2.45. The molecule has 0 unspecified atom stereocenters. The van der Waals surface area contributed by atoms with Crippen molar-refractivity contribution >= 4 is 17.5 Å². The molecule has 6 heteroatoms. The maximum atomic E-state index is 12.2. The lowest BCUT2D eigenvalue weighted by molar-refractivity contribution is -0.123. The van der Waals surface area contributed by atoms with Crippen molar-refractivity contribution in [3.05, 3.63) is 59.7 Å². The van der Waals surface area contributed by atoms with E-state index < -0.39 is 0 Å². The standard InChI is InChI=1S/C24H29N3O3/c1-18(26-14-12-19-5-2-3-6-20(19)16-26)15-25-23(28)17-30-22-10-8-21(9-11-22)27-13-4-7-24(27)29/h2-3,5-6,8-11,18H,4,7,12-17H2,1H3,(H,25,28)/t18-/m1/s1. The topological polar surface area (TPSA) is 61.9 Å². The Bertz CT molecular complexity index is 897. The van der Waals surface area contributed by atoms with Gasteiger partial charge in [-0.25, -0.2) is 0 Å². The van der Waals surface area contributed by atoms with Crippen LogP contribution in [0.1, 0.15) is 30.9 Å². The van der Waals surface area contributed by atoms with Crippen LogP contribution in [0.15, 0.2) is 48.5 Å². The molecule has 1 N–H and O–H groups in total. The van der Waals surface area contributed by atoms with Crippen LogP contribution in [0.3, 0.4) is 0 Å². The minimum absolute atomic E-state index is 0.0163. The van der Waals surface area contributed by atoms with E-state index in [0.29, 0.717) is 18.7 Å². The Balaban J connectivity index is 1.20. The van der Waals surface area contributed by atoms with Gasteiger partial charge in [-0.05, 0) is 55.2 Å². The van der Waals surface area contributed by atoms with Crippen LogP contribution in [-0.2, 0) is 22.6 Å². The molecule has 0 spiro atoms. The minimum Gasteiger partial charge on any atom is -0.484 e. The summed E-state index contributed by atoms with van der Waals surface area (Å²) in [6, 6.07) is 16.2. The predicted molar refractivity (Wildman–Crippen MR) is 117 cm³/mol. The van der Waals surface area contributed by atoms with Gasteiger partial charge in [-0.1, -0.05) is 24.3 Å². The highest BCUT2D eigenvalue weighted by Gasteiger charge is 2.22. The molecule has 1 atom stereocenters. The van der Waals surface area contributed by atoms with Crippen molar-refractivity contribution in [1.82, 2.24) is 10.2 Å². The average molecular weight is 408 g/mol. The van der Waals surface area contributed by atoms with E-state index in [4.69, 9.17) is 4.74 Å². The van der Waals surface area contributed by atoms with Crippen LogP contribution in [-0.4, -0.2) is 49.0 Å². The van der Waals surface area contributed by atoms with Crippen LogP contribution in [0.4, 0.5) is 5.69 Å². The van der Waals surface area contributed by atoms with Gasteiger partial charge in [-0.2, -0.15) is 0 Å². The van der Waals surface area contributed by atoms with E-state index in [-0.39, 0.29) is 24.5 Å². The van der Waals surface area contributed by atoms with E-state index in [0.717, 1.165) is 38.2 Å². The number of nitrogens with one attached hydrogen (secondary N) is 1. The van der Waals surface area contributed by atoms with E-state index in [1.54, 1.807) is 4.90 Å². The lowest BCUT2D eigenvalue weighted by Gasteiger charge is -2.33. The summed E-state index contributed by atoms with van der Waals surface area (Å²) < 4.78 is 5.61. The monoisotopic (exact) mass is 407 g/mol. The van der Waals surface area contributed by atoms with Gasteiger partial charge in [0, 0.05) is 44.3 Å². The summed E-state index contributed by atoms with van der Waals surface area (Å²) in [7, 11) is 0. The Labute approximate surface area is 177 Å². The molecule has 30 heavy (non-hydrogen) atoms. The van der Waals surface area contributed by atoms with Crippen LogP contribution in [0.25, 0.3) is 0 Å². The largest absolute Gasteiger partial charge is 0.484 e. The molecule has 0 saturated carbocycles. The van der Waals surface area contributed by atoms with E-state index >= 15 is 0 Å². The summed E-state index contributed by atoms with van der Waals surface area (Å²) >= 11 is 0. The zero-order chi connectivity index (χ0) is 20.9. The zero-order valence-corrected chi connectivity index (χ0v) is 17.5. The Morgan fingerprint density at radius 1 is 1.07 bits per heavy atom. The molecule has 2 amide bonds. The number of hydrogen-bond acceptors (Lipinski definition) is 4. The molecule has 2 heterocycles. The molecular formula is C24H29N3O3. The smallest absolute Gasteiger partial charge is 0.257 e. The third kappa shape index (κ3) is 4.82. The van der Waals surface area contributed by atoms with Gasteiger partial charge < -0.3 is 15.0 Å². The fourth-order valence-electron chi connectivity index (χ4n) is 4.13. The van der Waals surface area contributed by atoms with Crippen molar-refractivity contribution in [2.45, 2.75) is 38.8 Å². The normalized spacial score (nSPS) is 17.5. The van der Waals surface area contributed by atoms with Gasteiger partial charge in [0.25, 0.3) is 5.91 Å².